The summed E-state index contributed by atoms with van der Waals surface area (Å²) in [5.41, 5.74) is 0.966. The lowest BCUT2D eigenvalue weighted by molar-refractivity contribution is -0.122. The minimum atomic E-state index is 0.0604. The third-order valence-electron chi connectivity index (χ3n) is 3.28. The lowest BCUT2D eigenvalue weighted by atomic mass is 10.2. The van der Waals surface area contributed by atoms with Gasteiger partial charge in [0.05, 0.1) is 6.04 Å². The molecule has 1 saturated heterocycles. The maximum Gasteiger partial charge on any atom is 0.244 e. The Balaban J connectivity index is 2.10. The molecule has 1 aromatic rings. The molecule has 0 radical (unpaired) electrons. The lowest BCUT2D eigenvalue weighted by Crippen LogP contribution is -2.42. The molecule has 16 heavy (non-hydrogen) atoms. The van der Waals surface area contributed by atoms with Crippen molar-refractivity contribution in [3.63, 3.8) is 0 Å². The molecule has 1 aliphatic heterocycles. The Labute approximate surface area is 96.7 Å². The number of anilines is 1. The zero-order valence-corrected chi connectivity index (χ0v) is 9.89. The number of hydrogen-bond donors (Lipinski definition) is 0. The maximum absolute atomic E-state index is 12.2. The second-order valence-electron chi connectivity index (χ2n) is 4.37. The summed E-state index contributed by atoms with van der Waals surface area (Å²) in [6.45, 7) is 1.03. The Morgan fingerprint density at radius 3 is 2.62 bits per heavy atom. The van der Waals surface area contributed by atoms with Gasteiger partial charge in [0, 0.05) is 12.7 Å². The zero-order valence-electron chi connectivity index (χ0n) is 9.89. The van der Waals surface area contributed by atoms with Crippen LogP contribution in [-0.2, 0) is 4.79 Å². The van der Waals surface area contributed by atoms with Crippen LogP contribution in [0.2, 0.25) is 0 Å². The summed E-state index contributed by atoms with van der Waals surface area (Å²) < 4.78 is 0. The summed E-state index contributed by atoms with van der Waals surface area (Å²) in [5, 5.41) is 0. The van der Waals surface area contributed by atoms with E-state index in [4.69, 9.17) is 0 Å². The second kappa shape index (κ2) is 4.66. The first-order chi connectivity index (χ1) is 7.70. The minimum absolute atomic E-state index is 0.0604. The number of likely N-dealkylation sites (N-methyl/N-ethyl adjacent to an activating group) is 2. The van der Waals surface area contributed by atoms with Gasteiger partial charge in [-0.05, 0) is 38.6 Å². The number of carbonyl (C=O) groups excluding carboxylic acids is 1. The molecule has 0 aliphatic carbocycles. The molecular formula is C13H18N2O. The highest BCUT2D eigenvalue weighted by molar-refractivity contribution is 5.96. The second-order valence-corrected chi connectivity index (χ2v) is 4.37. The molecule has 1 fully saturated rings. The number of nitrogens with zero attached hydrogens (tertiary/aromatic N) is 2. The molecule has 1 aliphatic rings. The van der Waals surface area contributed by atoms with E-state index < -0.39 is 0 Å². The molecule has 2 rings (SSSR count). The number of amides is 1. The standard InChI is InChI=1S/C13H18N2O/c1-14-10-6-9-12(14)13(16)15(2)11-7-4-3-5-8-11/h3-5,7-8,12H,6,9-10H2,1-2H3. The molecular weight excluding hydrogens is 200 g/mol. The highest BCUT2D eigenvalue weighted by atomic mass is 16.2. The number of rotatable bonds is 2. The number of para-hydroxylation sites is 1. The number of benzene rings is 1. The molecule has 1 amide bonds. The van der Waals surface area contributed by atoms with Crippen molar-refractivity contribution in [2.75, 3.05) is 25.5 Å². The van der Waals surface area contributed by atoms with Crippen molar-refractivity contribution in [2.45, 2.75) is 18.9 Å². The molecule has 0 spiro atoms. The van der Waals surface area contributed by atoms with Crippen LogP contribution in [-0.4, -0.2) is 37.5 Å². The van der Waals surface area contributed by atoms with Crippen molar-refractivity contribution >= 4 is 11.6 Å². The summed E-state index contributed by atoms with van der Waals surface area (Å²) in [5.74, 6) is 0.200. The molecule has 1 heterocycles. The molecule has 1 atom stereocenters. The van der Waals surface area contributed by atoms with Gasteiger partial charge in [-0.1, -0.05) is 18.2 Å². The molecule has 3 nitrogen and oxygen atoms in total. The van der Waals surface area contributed by atoms with Crippen molar-refractivity contribution in [2.24, 2.45) is 0 Å². The highest BCUT2D eigenvalue weighted by Crippen LogP contribution is 2.20. The molecule has 0 saturated carbocycles. The predicted octanol–water partition coefficient (Wildman–Crippen LogP) is 1.74. The van der Waals surface area contributed by atoms with E-state index >= 15 is 0 Å². The molecule has 0 bridgehead atoms. The SMILES string of the molecule is CN(C(=O)C1CCCN1C)c1ccccc1. The number of likely N-dealkylation sites (tertiary alicyclic amines) is 1. The Bertz CT molecular complexity index is 363. The predicted molar refractivity (Wildman–Crippen MR) is 65.5 cm³/mol. The van der Waals surface area contributed by atoms with E-state index in [0.29, 0.717) is 0 Å². The van der Waals surface area contributed by atoms with Crippen LogP contribution < -0.4 is 4.90 Å². The zero-order chi connectivity index (χ0) is 11.5. The lowest BCUT2D eigenvalue weighted by Gasteiger charge is -2.25. The van der Waals surface area contributed by atoms with Gasteiger partial charge in [-0.25, -0.2) is 0 Å². The van der Waals surface area contributed by atoms with Crippen molar-refractivity contribution in [1.82, 2.24) is 4.90 Å². The van der Waals surface area contributed by atoms with E-state index in [0.717, 1.165) is 25.1 Å². The van der Waals surface area contributed by atoms with E-state index in [2.05, 4.69) is 4.90 Å². The molecule has 0 aromatic heterocycles. The summed E-state index contributed by atoms with van der Waals surface area (Å²) in [6, 6.07) is 9.86. The molecule has 3 heteroatoms. The van der Waals surface area contributed by atoms with Crippen molar-refractivity contribution in [3.05, 3.63) is 30.3 Å². The van der Waals surface area contributed by atoms with Crippen molar-refractivity contribution in [1.29, 1.82) is 0 Å². The molecule has 0 N–H and O–H groups in total. The van der Waals surface area contributed by atoms with Crippen LogP contribution in [0.15, 0.2) is 30.3 Å². The first kappa shape index (κ1) is 11.1. The topological polar surface area (TPSA) is 23.6 Å². The number of hydrogen-bond acceptors (Lipinski definition) is 2. The van der Waals surface area contributed by atoms with Gasteiger partial charge < -0.3 is 4.90 Å². The van der Waals surface area contributed by atoms with Crippen molar-refractivity contribution < 1.29 is 4.79 Å². The maximum atomic E-state index is 12.2. The Morgan fingerprint density at radius 2 is 2.06 bits per heavy atom. The summed E-state index contributed by atoms with van der Waals surface area (Å²) in [7, 11) is 3.87. The number of carbonyl (C=O) groups is 1. The quantitative estimate of drug-likeness (QED) is 0.755. The summed E-state index contributed by atoms with van der Waals surface area (Å²) in [4.78, 5) is 16.1. The van der Waals surface area contributed by atoms with Gasteiger partial charge in [-0.3, -0.25) is 9.69 Å². The summed E-state index contributed by atoms with van der Waals surface area (Å²) >= 11 is 0. The van der Waals surface area contributed by atoms with E-state index in [1.165, 1.54) is 0 Å². The van der Waals surface area contributed by atoms with Gasteiger partial charge in [0.2, 0.25) is 5.91 Å². The van der Waals surface area contributed by atoms with Gasteiger partial charge in [-0.2, -0.15) is 0 Å². The first-order valence-corrected chi connectivity index (χ1v) is 5.73. The average Bonchev–Trinajstić information content (AvgIpc) is 2.75. The highest BCUT2D eigenvalue weighted by Gasteiger charge is 2.30. The van der Waals surface area contributed by atoms with Crippen molar-refractivity contribution in [3.8, 4) is 0 Å². The van der Waals surface area contributed by atoms with E-state index in [1.807, 2.05) is 44.4 Å². The smallest absolute Gasteiger partial charge is 0.244 e. The van der Waals surface area contributed by atoms with Crippen LogP contribution in [0.4, 0.5) is 5.69 Å². The monoisotopic (exact) mass is 218 g/mol. The Morgan fingerprint density at radius 1 is 1.38 bits per heavy atom. The van der Waals surface area contributed by atoms with E-state index in [-0.39, 0.29) is 11.9 Å². The van der Waals surface area contributed by atoms with Gasteiger partial charge in [0.25, 0.3) is 0 Å². The normalized spacial score (nSPS) is 21.0. The molecule has 86 valence electrons. The summed E-state index contributed by atoms with van der Waals surface area (Å²) in [6.07, 6.45) is 2.10. The van der Waals surface area contributed by atoms with Gasteiger partial charge in [0.15, 0.2) is 0 Å². The fraction of sp³-hybridized carbons (Fsp3) is 0.462. The largest absolute Gasteiger partial charge is 0.314 e. The molecule has 1 unspecified atom stereocenters. The van der Waals surface area contributed by atoms with E-state index in [1.54, 1.807) is 4.90 Å². The minimum Gasteiger partial charge on any atom is -0.314 e. The van der Waals surface area contributed by atoms with Crippen LogP contribution in [0.25, 0.3) is 0 Å². The first-order valence-electron chi connectivity index (χ1n) is 5.73. The van der Waals surface area contributed by atoms with Crippen LogP contribution in [0.5, 0.6) is 0 Å². The molecule has 1 aromatic carbocycles. The van der Waals surface area contributed by atoms with Crippen LogP contribution >= 0.6 is 0 Å². The Hall–Kier alpha value is -1.35. The Kier molecular flexibility index (Phi) is 3.25. The third kappa shape index (κ3) is 2.09. The fourth-order valence-corrected chi connectivity index (χ4v) is 2.22. The third-order valence-corrected chi connectivity index (χ3v) is 3.28. The van der Waals surface area contributed by atoms with Crippen LogP contribution in [0.3, 0.4) is 0 Å². The average molecular weight is 218 g/mol. The van der Waals surface area contributed by atoms with E-state index in [9.17, 15) is 4.79 Å². The van der Waals surface area contributed by atoms with Gasteiger partial charge in [0.1, 0.15) is 0 Å². The van der Waals surface area contributed by atoms with Crippen LogP contribution in [0, 0.1) is 0 Å². The fourth-order valence-electron chi connectivity index (χ4n) is 2.22. The van der Waals surface area contributed by atoms with Crippen LogP contribution in [0.1, 0.15) is 12.8 Å². The van der Waals surface area contributed by atoms with Gasteiger partial charge >= 0.3 is 0 Å². The van der Waals surface area contributed by atoms with Gasteiger partial charge in [-0.15, -0.1) is 0 Å².